The minimum atomic E-state index is -1.23. The maximum atomic E-state index is 11.9. The van der Waals surface area contributed by atoms with Crippen molar-refractivity contribution in [3.05, 3.63) is 63.1 Å². The Balaban J connectivity index is 2.05. The van der Waals surface area contributed by atoms with Gasteiger partial charge in [-0.1, -0.05) is 12.1 Å². The Labute approximate surface area is 121 Å². The van der Waals surface area contributed by atoms with Crippen molar-refractivity contribution in [1.29, 1.82) is 0 Å². The number of hydrogen-bond acceptors (Lipinski definition) is 4. The lowest BCUT2D eigenvalue weighted by Crippen LogP contribution is -2.15. The van der Waals surface area contributed by atoms with Gasteiger partial charge < -0.3 is 19.6 Å². The molecular weight excluding hydrogens is 270 g/mol. The fourth-order valence-corrected chi connectivity index (χ4v) is 2.35. The molecule has 0 amide bonds. The largest absolute Gasteiger partial charge is 0.497 e. The Morgan fingerprint density at radius 1 is 1.33 bits per heavy atom. The Morgan fingerprint density at radius 2 is 2.05 bits per heavy atom. The quantitative estimate of drug-likeness (QED) is 0.887. The zero-order valence-corrected chi connectivity index (χ0v) is 11.7. The summed E-state index contributed by atoms with van der Waals surface area (Å²) >= 11 is 0. The third-order valence-corrected chi connectivity index (χ3v) is 3.37. The summed E-state index contributed by atoms with van der Waals surface area (Å²) in [5, 5.41) is 9.88. The standard InChI is InChI=1S/C16H15NO4/c1-9-7-12-13(21-16(19)14(12)15(18)17-9)8-10-3-5-11(20-2)6-4-10/h3-8,16,19H,1-2H3,(H,17,18). The Bertz CT molecular complexity index is 759. The van der Waals surface area contributed by atoms with E-state index < -0.39 is 6.29 Å². The second-order valence-electron chi connectivity index (χ2n) is 4.86. The van der Waals surface area contributed by atoms with E-state index in [2.05, 4.69) is 4.98 Å². The van der Waals surface area contributed by atoms with Crippen molar-refractivity contribution in [2.75, 3.05) is 7.11 Å². The number of fused-ring (bicyclic) bond motifs is 1. The molecular formula is C16H15NO4. The fraction of sp³-hybridized carbons (Fsp3) is 0.188. The summed E-state index contributed by atoms with van der Waals surface area (Å²) in [4.78, 5) is 14.5. The molecule has 2 heterocycles. The number of aromatic nitrogens is 1. The van der Waals surface area contributed by atoms with Gasteiger partial charge in [-0.3, -0.25) is 4.79 Å². The average molecular weight is 285 g/mol. The van der Waals surface area contributed by atoms with Crippen LogP contribution in [0.1, 0.15) is 28.7 Å². The zero-order chi connectivity index (χ0) is 15.0. The summed E-state index contributed by atoms with van der Waals surface area (Å²) in [7, 11) is 1.61. The maximum Gasteiger partial charge on any atom is 0.258 e. The number of aromatic amines is 1. The lowest BCUT2D eigenvalue weighted by molar-refractivity contribution is -0.0298. The first kappa shape index (κ1) is 13.5. The van der Waals surface area contributed by atoms with E-state index in [4.69, 9.17) is 9.47 Å². The van der Waals surface area contributed by atoms with E-state index in [-0.39, 0.29) is 11.1 Å². The van der Waals surface area contributed by atoms with E-state index in [0.717, 1.165) is 17.0 Å². The number of pyridine rings is 1. The van der Waals surface area contributed by atoms with E-state index in [9.17, 15) is 9.90 Å². The molecule has 5 nitrogen and oxygen atoms in total. The van der Waals surface area contributed by atoms with Crippen LogP contribution in [0.5, 0.6) is 5.75 Å². The van der Waals surface area contributed by atoms with Crippen molar-refractivity contribution >= 4 is 11.8 Å². The minimum Gasteiger partial charge on any atom is -0.497 e. The third-order valence-electron chi connectivity index (χ3n) is 3.37. The van der Waals surface area contributed by atoms with Crippen LogP contribution in [0, 0.1) is 6.92 Å². The summed E-state index contributed by atoms with van der Waals surface area (Å²) < 4.78 is 10.5. The van der Waals surface area contributed by atoms with Gasteiger partial charge in [0.25, 0.3) is 5.56 Å². The second-order valence-corrected chi connectivity index (χ2v) is 4.86. The maximum absolute atomic E-state index is 11.9. The lowest BCUT2D eigenvalue weighted by Gasteiger charge is -2.04. The van der Waals surface area contributed by atoms with Crippen LogP contribution in [-0.2, 0) is 4.74 Å². The Morgan fingerprint density at radius 3 is 2.71 bits per heavy atom. The van der Waals surface area contributed by atoms with Crippen LogP contribution in [0.4, 0.5) is 0 Å². The molecule has 0 aliphatic carbocycles. The molecule has 0 spiro atoms. The Hall–Kier alpha value is -2.53. The zero-order valence-electron chi connectivity index (χ0n) is 11.7. The Kier molecular flexibility index (Phi) is 3.27. The number of benzene rings is 1. The van der Waals surface area contributed by atoms with Crippen molar-refractivity contribution in [1.82, 2.24) is 4.98 Å². The predicted octanol–water partition coefficient (Wildman–Crippen LogP) is 2.21. The number of ether oxygens (including phenoxy) is 2. The second kappa shape index (κ2) is 5.10. The molecule has 2 aromatic rings. The van der Waals surface area contributed by atoms with Gasteiger partial charge >= 0.3 is 0 Å². The van der Waals surface area contributed by atoms with E-state index in [0.29, 0.717) is 11.3 Å². The van der Waals surface area contributed by atoms with Crippen LogP contribution in [0.15, 0.2) is 35.1 Å². The van der Waals surface area contributed by atoms with Gasteiger partial charge in [0.05, 0.1) is 12.7 Å². The number of nitrogens with one attached hydrogen (secondary N) is 1. The number of methoxy groups -OCH3 is 1. The van der Waals surface area contributed by atoms with Gasteiger partial charge in [0.2, 0.25) is 6.29 Å². The molecule has 5 heteroatoms. The molecule has 0 bridgehead atoms. The molecule has 0 fully saturated rings. The van der Waals surface area contributed by atoms with Gasteiger partial charge in [-0.05, 0) is 36.8 Å². The number of aryl methyl sites for hydroxylation is 1. The highest BCUT2D eigenvalue weighted by molar-refractivity contribution is 5.81. The van der Waals surface area contributed by atoms with Gasteiger partial charge in [-0.2, -0.15) is 0 Å². The van der Waals surface area contributed by atoms with Crippen molar-refractivity contribution in [3.63, 3.8) is 0 Å². The first-order chi connectivity index (χ1) is 10.1. The number of aliphatic hydroxyl groups excluding tert-OH is 1. The van der Waals surface area contributed by atoms with Crippen LogP contribution in [0.2, 0.25) is 0 Å². The molecule has 1 unspecified atom stereocenters. The van der Waals surface area contributed by atoms with Crippen LogP contribution >= 0.6 is 0 Å². The van der Waals surface area contributed by atoms with Crippen LogP contribution in [0.25, 0.3) is 11.8 Å². The van der Waals surface area contributed by atoms with Crippen molar-refractivity contribution < 1.29 is 14.6 Å². The first-order valence-corrected chi connectivity index (χ1v) is 6.53. The molecule has 1 aromatic heterocycles. The summed E-state index contributed by atoms with van der Waals surface area (Å²) in [5.74, 6) is 1.24. The molecule has 3 rings (SSSR count). The topological polar surface area (TPSA) is 71.5 Å². The van der Waals surface area contributed by atoms with Gasteiger partial charge in [0.15, 0.2) is 0 Å². The highest BCUT2D eigenvalue weighted by Crippen LogP contribution is 2.36. The molecule has 1 aromatic carbocycles. The van der Waals surface area contributed by atoms with E-state index in [1.54, 1.807) is 26.2 Å². The smallest absolute Gasteiger partial charge is 0.258 e. The molecule has 0 saturated carbocycles. The highest BCUT2D eigenvalue weighted by atomic mass is 16.6. The number of rotatable bonds is 2. The van der Waals surface area contributed by atoms with E-state index >= 15 is 0 Å². The summed E-state index contributed by atoms with van der Waals surface area (Å²) in [6, 6.07) is 9.21. The van der Waals surface area contributed by atoms with Crippen molar-refractivity contribution in [3.8, 4) is 5.75 Å². The van der Waals surface area contributed by atoms with Crippen molar-refractivity contribution in [2.24, 2.45) is 0 Å². The summed E-state index contributed by atoms with van der Waals surface area (Å²) in [6.45, 7) is 1.79. The monoisotopic (exact) mass is 285 g/mol. The molecule has 21 heavy (non-hydrogen) atoms. The molecule has 0 saturated heterocycles. The number of H-pyrrole nitrogens is 1. The normalized spacial score (nSPS) is 18.4. The minimum absolute atomic E-state index is 0.250. The highest BCUT2D eigenvalue weighted by Gasteiger charge is 2.29. The number of aliphatic hydroxyl groups is 1. The third kappa shape index (κ3) is 2.43. The first-order valence-electron chi connectivity index (χ1n) is 6.53. The molecule has 0 radical (unpaired) electrons. The van der Waals surface area contributed by atoms with E-state index in [1.807, 2.05) is 24.3 Å². The summed E-state index contributed by atoms with van der Waals surface area (Å²) in [6.07, 6.45) is 0.557. The summed E-state index contributed by atoms with van der Waals surface area (Å²) in [5.41, 5.74) is 2.16. The van der Waals surface area contributed by atoms with Crippen LogP contribution < -0.4 is 10.3 Å². The van der Waals surface area contributed by atoms with Gasteiger partial charge in [0.1, 0.15) is 11.5 Å². The molecule has 1 aliphatic heterocycles. The molecule has 108 valence electrons. The predicted molar refractivity (Wildman–Crippen MR) is 78.7 cm³/mol. The van der Waals surface area contributed by atoms with E-state index in [1.165, 1.54) is 0 Å². The van der Waals surface area contributed by atoms with Gasteiger partial charge in [-0.15, -0.1) is 0 Å². The lowest BCUT2D eigenvalue weighted by atomic mass is 10.1. The van der Waals surface area contributed by atoms with Crippen molar-refractivity contribution in [2.45, 2.75) is 13.2 Å². The SMILES string of the molecule is COc1ccc(C=C2OC(O)c3c2cc(C)[nH]c3=O)cc1. The van der Waals surface area contributed by atoms with Gasteiger partial charge in [-0.25, -0.2) is 0 Å². The molecule has 1 aliphatic rings. The average Bonchev–Trinajstić information content (AvgIpc) is 2.76. The fourth-order valence-electron chi connectivity index (χ4n) is 2.35. The molecule has 2 N–H and O–H groups in total. The van der Waals surface area contributed by atoms with Gasteiger partial charge in [0, 0.05) is 11.3 Å². The van der Waals surface area contributed by atoms with Crippen LogP contribution in [0.3, 0.4) is 0 Å². The molecule has 1 atom stereocenters. The van der Waals surface area contributed by atoms with Crippen LogP contribution in [-0.4, -0.2) is 17.2 Å². The number of hydrogen-bond donors (Lipinski definition) is 2.